The number of rotatable bonds is 2. The van der Waals surface area contributed by atoms with Gasteiger partial charge in [0.1, 0.15) is 5.75 Å². The topological polar surface area (TPSA) is 65.4 Å². The van der Waals surface area contributed by atoms with Gasteiger partial charge in [0.25, 0.3) is 0 Å². The number of aliphatic imine (C=N–C) groups is 1. The maximum Gasteiger partial charge on any atom is 0.248 e. The van der Waals surface area contributed by atoms with Gasteiger partial charge in [-0.3, -0.25) is 9.79 Å². The zero-order valence-corrected chi connectivity index (χ0v) is 8.42. The average Bonchev–Trinajstić information content (AvgIpc) is 2.30. The largest absolute Gasteiger partial charge is 0.508 e. The molecule has 1 aromatic carbocycles. The van der Waals surface area contributed by atoms with Gasteiger partial charge in [-0.15, -0.1) is 0 Å². The van der Waals surface area contributed by atoms with Crippen LogP contribution >= 0.6 is 0 Å². The van der Waals surface area contributed by atoms with Crippen LogP contribution in [0.1, 0.15) is 5.56 Å². The predicted octanol–water partition coefficient (Wildman–Crippen LogP) is 1.83. The normalized spacial score (nSPS) is 10.8. The van der Waals surface area contributed by atoms with Crippen molar-refractivity contribution in [2.75, 3.05) is 0 Å². The second-order valence-corrected chi connectivity index (χ2v) is 3.26. The van der Waals surface area contributed by atoms with Gasteiger partial charge >= 0.3 is 0 Å². The van der Waals surface area contributed by atoms with E-state index < -0.39 is 0 Å². The molecule has 0 atom stereocenters. The van der Waals surface area contributed by atoms with Crippen LogP contribution in [-0.2, 0) is 0 Å². The average molecular weight is 214 g/mol. The van der Waals surface area contributed by atoms with E-state index in [-0.39, 0.29) is 11.3 Å². The van der Waals surface area contributed by atoms with Gasteiger partial charge in [0.2, 0.25) is 5.56 Å². The Labute approximate surface area is 91.9 Å². The highest BCUT2D eigenvalue weighted by Gasteiger charge is 1.90. The van der Waals surface area contributed by atoms with Crippen molar-refractivity contribution in [3.8, 4) is 5.75 Å². The summed E-state index contributed by atoms with van der Waals surface area (Å²) in [4.78, 5) is 17.5. The number of hydrogen-bond acceptors (Lipinski definition) is 3. The van der Waals surface area contributed by atoms with Gasteiger partial charge in [0, 0.05) is 18.5 Å². The third kappa shape index (κ3) is 2.57. The summed E-state index contributed by atoms with van der Waals surface area (Å²) in [6.45, 7) is 0. The van der Waals surface area contributed by atoms with Gasteiger partial charge in [-0.2, -0.15) is 0 Å². The van der Waals surface area contributed by atoms with Crippen molar-refractivity contribution in [1.29, 1.82) is 0 Å². The molecule has 2 rings (SSSR count). The van der Waals surface area contributed by atoms with E-state index in [2.05, 4.69) is 9.98 Å². The molecule has 1 aromatic heterocycles. The van der Waals surface area contributed by atoms with Crippen LogP contribution in [0.25, 0.3) is 0 Å². The van der Waals surface area contributed by atoms with E-state index in [4.69, 9.17) is 5.11 Å². The predicted molar refractivity (Wildman–Crippen MR) is 62.4 cm³/mol. The third-order valence-corrected chi connectivity index (χ3v) is 2.02. The monoisotopic (exact) mass is 214 g/mol. The van der Waals surface area contributed by atoms with Crippen LogP contribution in [0.15, 0.2) is 52.4 Å². The number of benzene rings is 1. The first-order valence-electron chi connectivity index (χ1n) is 4.76. The second-order valence-electron chi connectivity index (χ2n) is 3.26. The first kappa shape index (κ1) is 10.2. The molecule has 2 aromatic rings. The number of aromatic nitrogens is 1. The fraction of sp³-hybridized carbons (Fsp3) is 0. The molecule has 0 radical (unpaired) electrons. The Hall–Kier alpha value is -2.36. The number of aromatic amines is 1. The number of pyridine rings is 1. The number of nitrogens with one attached hydrogen (secondary N) is 1. The van der Waals surface area contributed by atoms with E-state index in [9.17, 15) is 4.79 Å². The molecule has 0 unspecified atom stereocenters. The Bertz CT molecular complexity index is 535. The van der Waals surface area contributed by atoms with Crippen molar-refractivity contribution >= 4 is 11.9 Å². The zero-order valence-electron chi connectivity index (χ0n) is 8.42. The smallest absolute Gasteiger partial charge is 0.248 e. The highest BCUT2D eigenvalue weighted by Crippen LogP contribution is 2.10. The number of H-pyrrole nitrogens is 1. The van der Waals surface area contributed by atoms with Crippen LogP contribution in [0, 0.1) is 0 Å². The first-order valence-corrected chi connectivity index (χ1v) is 4.76. The molecule has 16 heavy (non-hydrogen) atoms. The minimum atomic E-state index is -0.149. The van der Waals surface area contributed by atoms with E-state index in [0.29, 0.717) is 5.69 Å². The van der Waals surface area contributed by atoms with Gasteiger partial charge in [0.05, 0.1) is 5.69 Å². The molecule has 0 amide bonds. The molecule has 0 fully saturated rings. The molecular weight excluding hydrogens is 204 g/mol. The van der Waals surface area contributed by atoms with Crippen LogP contribution in [0.2, 0.25) is 0 Å². The number of hydrogen-bond donors (Lipinski definition) is 2. The van der Waals surface area contributed by atoms with Crippen LogP contribution < -0.4 is 5.56 Å². The van der Waals surface area contributed by atoms with E-state index >= 15 is 0 Å². The van der Waals surface area contributed by atoms with Crippen molar-refractivity contribution in [1.82, 2.24) is 4.98 Å². The maximum absolute atomic E-state index is 10.8. The minimum Gasteiger partial charge on any atom is -0.508 e. The molecule has 0 spiro atoms. The molecule has 80 valence electrons. The number of aromatic hydroxyl groups is 1. The Morgan fingerprint density at radius 2 is 1.88 bits per heavy atom. The summed E-state index contributed by atoms with van der Waals surface area (Å²) in [5.41, 5.74) is 1.40. The fourth-order valence-electron chi connectivity index (χ4n) is 1.19. The highest BCUT2D eigenvalue weighted by atomic mass is 16.3. The van der Waals surface area contributed by atoms with Gasteiger partial charge in [-0.25, -0.2) is 0 Å². The lowest BCUT2D eigenvalue weighted by molar-refractivity contribution is 0.475. The van der Waals surface area contributed by atoms with Crippen molar-refractivity contribution in [3.63, 3.8) is 0 Å². The van der Waals surface area contributed by atoms with Crippen molar-refractivity contribution in [2.24, 2.45) is 4.99 Å². The first-order chi connectivity index (χ1) is 7.74. The molecule has 4 heteroatoms. The number of phenols is 1. The molecule has 0 saturated heterocycles. The van der Waals surface area contributed by atoms with Crippen LogP contribution in [-0.4, -0.2) is 16.3 Å². The van der Waals surface area contributed by atoms with E-state index in [1.165, 1.54) is 6.07 Å². The summed E-state index contributed by atoms with van der Waals surface area (Å²) in [5, 5.41) is 9.09. The maximum atomic E-state index is 10.8. The van der Waals surface area contributed by atoms with Gasteiger partial charge in [0.15, 0.2) is 0 Å². The number of phenolic OH excluding ortho intramolecular Hbond substituents is 1. The molecule has 0 saturated carbocycles. The summed E-state index contributed by atoms with van der Waals surface area (Å²) < 4.78 is 0. The highest BCUT2D eigenvalue weighted by molar-refractivity contribution is 5.81. The van der Waals surface area contributed by atoms with E-state index in [1.807, 2.05) is 0 Å². The Kier molecular flexibility index (Phi) is 2.82. The standard InChI is InChI=1S/C12H10N2O2/c15-11-4-1-9(2-5-11)7-13-10-3-6-12(16)14-8-10/h1-8,15H,(H,14,16). The van der Waals surface area contributed by atoms with E-state index in [0.717, 1.165) is 5.56 Å². The van der Waals surface area contributed by atoms with Crippen molar-refractivity contribution in [3.05, 3.63) is 58.5 Å². The van der Waals surface area contributed by atoms with Crippen LogP contribution in [0.3, 0.4) is 0 Å². The third-order valence-electron chi connectivity index (χ3n) is 2.02. The van der Waals surface area contributed by atoms with Gasteiger partial charge in [-0.05, 0) is 35.9 Å². The quantitative estimate of drug-likeness (QED) is 0.749. The molecule has 2 N–H and O–H groups in total. The number of nitrogens with zero attached hydrogens (tertiary/aromatic N) is 1. The lowest BCUT2D eigenvalue weighted by Gasteiger charge is -1.94. The molecule has 0 aliphatic rings. The molecule has 0 aliphatic carbocycles. The summed E-state index contributed by atoms with van der Waals surface area (Å²) in [6, 6.07) is 9.75. The van der Waals surface area contributed by atoms with Crippen molar-refractivity contribution < 1.29 is 5.11 Å². The Morgan fingerprint density at radius 3 is 2.50 bits per heavy atom. The summed E-state index contributed by atoms with van der Waals surface area (Å²) >= 11 is 0. The minimum absolute atomic E-state index is 0.149. The summed E-state index contributed by atoms with van der Waals surface area (Å²) in [5.74, 6) is 0.223. The van der Waals surface area contributed by atoms with Crippen molar-refractivity contribution in [2.45, 2.75) is 0 Å². The fourth-order valence-corrected chi connectivity index (χ4v) is 1.19. The second kappa shape index (κ2) is 4.44. The van der Waals surface area contributed by atoms with Gasteiger partial charge in [-0.1, -0.05) is 0 Å². The molecule has 4 nitrogen and oxygen atoms in total. The lowest BCUT2D eigenvalue weighted by atomic mass is 10.2. The molecular formula is C12H10N2O2. The van der Waals surface area contributed by atoms with Crippen LogP contribution in [0.4, 0.5) is 5.69 Å². The zero-order chi connectivity index (χ0) is 11.4. The lowest BCUT2D eigenvalue weighted by Crippen LogP contribution is -1.99. The Balaban J connectivity index is 2.18. The van der Waals surface area contributed by atoms with Crippen LogP contribution in [0.5, 0.6) is 5.75 Å². The Morgan fingerprint density at radius 1 is 1.12 bits per heavy atom. The van der Waals surface area contributed by atoms with E-state index in [1.54, 1.807) is 42.7 Å². The summed E-state index contributed by atoms with van der Waals surface area (Å²) in [7, 11) is 0. The SMILES string of the molecule is O=c1ccc(N=Cc2ccc(O)cc2)c[nH]1. The summed E-state index contributed by atoms with van der Waals surface area (Å²) in [6.07, 6.45) is 3.20. The molecule has 0 aliphatic heterocycles. The molecule has 0 bridgehead atoms. The van der Waals surface area contributed by atoms with Gasteiger partial charge < -0.3 is 10.1 Å². The molecule has 1 heterocycles.